The van der Waals surface area contributed by atoms with Crippen LogP contribution in [0.1, 0.15) is 15.9 Å². The number of benzene rings is 1. The Morgan fingerprint density at radius 3 is 2.33 bits per heavy atom. The molecular formula is C9H5F2NO3. The average molecular weight is 213 g/mol. The molecule has 1 N–H and O–H groups in total. The Balaban J connectivity index is 3.20. The lowest BCUT2D eigenvalue weighted by Crippen LogP contribution is -2.02. The summed E-state index contributed by atoms with van der Waals surface area (Å²) in [5, 5.41) is 8.48. The van der Waals surface area contributed by atoms with E-state index in [-0.39, 0.29) is 0 Å². The van der Waals surface area contributed by atoms with Crippen LogP contribution in [0.2, 0.25) is 0 Å². The zero-order chi connectivity index (χ0) is 11.4. The van der Waals surface area contributed by atoms with Crippen molar-refractivity contribution < 1.29 is 23.5 Å². The van der Waals surface area contributed by atoms with Gasteiger partial charge < -0.3 is 5.11 Å². The van der Waals surface area contributed by atoms with Crippen molar-refractivity contribution in [3.05, 3.63) is 34.9 Å². The maximum Gasteiger partial charge on any atom is 0.335 e. The normalized spacial score (nSPS) is 9.47. The molecular weight excluding hydrogens is 208 g/mol. The molecule has 0 saturated carbocycles. The zero-order valence-corrected chi connectivity index (χ0v) is 7.33. The van der Waals surface area contributed by atoms with Gasteiger partial charge in [0.2, 0.25) is 6.08 Å². The van der Waals surface area contributed by atoms with E-state index in [9.17, 15) is 18.4 Å². The smallest absolute Gasteiger partial charge is 0.335 e. The molecule has 0 aliphatic carbocycles. The van der Waals surface area contributed by atoms with Crippen LogP contribution in [0.5, 0.6) is 0 Å². The van der Waals surface area contributed by atoms with E-state index in [1.54, 1.807) is 0 Å². The first-order valence-corrected chi connectivity index (χ1v) is 3.81. The van der Waals surface area contributed by atoms with Gasteiger partial charge in [-0.2, -0.15) is 0 Å². The molecule has 78 valence electrons. The van der Waals surface area contributed by atoms with Crippen LogP contribution >= 0.6 is 0 Å². The fraction of sp³-hybridized carbons (Fsp3) is 0.111. The molecule has 0 unspecified atom stereocenters. The van der Waals surface area contributed by atoms with Crippen molar-refractivity contribution in [1.29, 1.82) is 0 Å². The lowest BCUT2D eigenvalue weighted by Gasteiger charge is -2.02. The third kappa shape index (κ3) is 2.45. The van der Waals surface area contributed by atoms with E-state index in [4.69, 9.17) is 5.11 Å². The number of halogens is 2. The molecule has 0 saturated heterocycles. The third-order valence-corrected chi connectivity index (χ3v) is 1.69. The van der Waals surface area contributed by atoms with Crippen molar-refractivity contribution in [3.8, 4) is 0 Å². The molecule has 1 rings (SSSR count). The highest BCUT2D eigenvalue weighted by Gasteiger charge is 2.13. The molecule has 0 atom stereocenters. The summed E-state index contributed by atoms with van der Waals surface area (Å²) >= 11 is 0. The second-order valence-electron chi connectivity index (χ2n) is 2.63. The van der Waals surface area contributed by atoms with Crippen molar-refractivity contribution in [1.82, 2.24) is 0 Å². The monoisotopic (exact) mass is 213 g/mol. The maximum atomic E-state index is 13.1. The van der Waals surface area contributed by atoms with E-state index in [1.807, 2.05) is 0 Å². The van der Waals surface area contributed by atoms with Gasteiger partial charge in [0.05, 0.1) is 12.1 Å². The summed E-state index contributed by atoms with van der Waals surface area (Å²) in [5.74, 6) is -3.53. The van der Waals surface area contributed by atoms with Gasteiger partial charge in [0.15, 0.2) is 0 Å². The van der Waals surface area contributed by atoms with Gasteiger partial charge in [-0.1, -0.05) is 0 Å². The van der Waals surface area contributed by atoms with E-state index >= 15 is 0 Å². The SMILES string of the molecule is O=C=NCc1c(F)cc(C(=O)O)cc1F. The Kier molecular flexibility index (Phi) is 3.25. The lowest BCUT2D eigenvalue weighted by molar-refractivity contribution is 0.0695. The molecule has 0 aliphatic heterocycles. The van der Waals surface area contributed by atoms with Gasteiger partial charge in [0.25, 0.3) is 0 Å². The summed E-state index contributed by atoms with van der Waals surface area (Å²) in [4.78, 5) is 23.2. The van der Waals surface area contributed by atoms with E-state index in [2.05, 4.69) is 4.99 Å². The minimum Gasteiger partial charge on any atom is -0.478 e. The summed E-state index contributed by atoms with van der Waals surface area (Å²) in [7, 11) is 0. The van der Waals surface area contributed by atoms with Crippen LogP contribution in [0.15, 0.2) is 17.1 Å². The molecule has 0 fully saturated rings. The van der Waals surface area contributed by atoms with Crippen LogP contribution in [0.4, 0.5) is 8.78 Å². The minimum absolute atomic E-state index is 0.455. The summed E-state index contributed by atoms with van der Waals surface area (Å²) in [6.45, 7) is -0.499. The second-order valence-corrected chi connectivity index (χ2v) is 2.63. The van der Waals surface area contributed by atoms with Crippen molar-refractivity contribution >= 4 is 12.0 Å². The standard InChI is InChI=1S/C9H5F2NO3/c10-7-1-5(9(14)15)2-8(11)6(7)3-12-4-13/h1-2H,3H2,(H,14,15). The zero-order valence-electron chi connectivity index (χ0n) is 7.33. The fourth-order valence-electron chi connectivity index (χ4n) is 0.989. The first kappa shape index (κ1) is 11.0. The number of rotatable bonds is 3. The Bertz CT molecular complexity index is 430. The number of isocyanates is 1. The molecule has 0 aliphatic rings. The van der Waals surface area contributed by atoms with E-state index in [0.717, 1.165) is 6.08 Å². The van der Waals surface area contributed by atoms with Gasteiger partial charge >= 0.3 is 5.97 Å². The molecule has 0 heterocycles. The summed E-state index contributed by atoms with van der Waals surface area (Å²) in [6, 6.07) is 1.34. The van der Waals surface area contributed by atoms with Gasteiger partial charge in [-0.05, 0) is 12.1 Å². The van der Waals surface area contributed by atoms with E-state index in [1.165, 1.54) is 0 Å². The summed E-state index contributed by atoms with van der Waals surface area (Å²) in [5.41, 5.74) is -0.952. The molecule has 0 amide bonds. The van der Waals surface area contributed by atoms with E-state index in [0.29, 0.717) is 12.1 Å². The van der Waals surface area contributed by atoms with Crippen LogP contribution in [0.3, 0.4) is 0 Å². The molecule has 4 nitrogen and oxygen atoms in total. The first-order valence-electron chi connectivity index (χ1n) is 3.81. The van der Waals surface area contributed by atoms with Gasteiger partial charge in [0.1, 0.15) is 11.6 Å². The number of hydrogen-bond acceptors (Lipinski definition) is 3. The van der Waals surface area contributed by atoms with Gasteiger partial charge in [-0.3, -0.25) is 0 Å². The third-order valence-electron chi connectivity index (χ3n) is 1.69. The van der Waals surface area contributed by atoms with Crippen LogP contribution in [-0.4, -0.2) is 17.2 Å². The fourth-order valence-corrected chi connectivity index (χ4v) is 0.989. The Hall–Kier alpha value is -2.07. The predicted octanol–water partition coefficient (Wildman–Crippen LogP) is 1.50. The van der Waals surface area contributed by atoms with Crippen molar-refractivity contribution in [3.63, 3.8) is 0 Å². The quantitative estimate of drug-likeness (QED) is 0.611. The van der Waals surface area contributed by atoms with Crippen LogP contribution in [0, 0.1) is 11.6 Å². The van der Waals surface area contributed by atoms with Crippen molar-refractivity contribution in [2.75, 3.05) is 0 Å². The number of carboxylic acid groups (broad SMARTS) is 1. The summed E-state index contributed by atoms with van der Waals surface area (Å²) < 4.78 is 26.2. The average Bonchev–Trinajstić information content (AvgIpc) is 2.16. The lowest BCUT2D eigenvalue weighted by atomic mass is 10.1. The largest absolute Gasteiger partial charge is 0.478 e. The highest BCUT2D eigenvalue weighted by atomic mass is 19.1. The van der Waals surface area contributed by atoms with E-state index < -0.39 is 35.3 Å². The number of hydrogen-bond donors (Lipinski definition) is 1. The maximum absolute atomic E-state index is 13.1. The van der Waals surface area contributed by atoms with Crippen LogP contribution in [0.25, 0.3) is 0 Å². The van der Waals surface area contributed by atoms with Crippen molar-refractivity contribution in [2.45, 2.75) is 6.54 Å². The number of carbonyl (C=O) groups excluding carboxylic acids is 1. The number of carboxylic acids is 1. The highest BCUT2D eigenvalue weighted by Crippen LogP contribution is 2.16. The Labute approximate surface area is 82.9 Å². The Morgan fingerprint density at radius 2 is 1.93 bits per heavy atom. The number of aromatic carboxylic acids is 1. The highest BCUT2D eigenvalue weighted by molar-refractivity contribution is 5.87. The molecule has 0 spiro atoms. The molecule has 0 radical (unpaired) electrons. The van der Waals surface area contributed by atoms with Crippen LogP contribution in [-0.2, 0) is 11.3 Å². The minimum atomic E-state index is -1.43. The second kappa shape index (κ2) is 4.43. The molecule has 6 heteroatoms. The summed E-state index contributed by atoms with van der Waals surface area (Å²) in [6.07, 6.45) is 1.13. The van der Waals surface area contributed by atoms with Crippen LogP contribution < -0.4 is 0 Å². The number of aliphatic imine (C=N–C) groups is 1. The van der Waals surface area contributed by atoms with Gasteiger partial charge in [0, 0.05) is 5.56 Å². The number of carbonyl (C=O) groups is 1. The molecule has 1 aromatic rings. The number of nitrogens with zero attached hydrogens (tertiary/aromatic N) is 1. The Morgan fingerprint density at radius 1 is 1.40 bits per heavy atom. The first-order chi connectivity index (χ1) is 7.06. The van der Waals surface area contributed by atoms with Gasteiger partial charge in [-0.15, -0.1) is 0 Å². The van der Waals surface area contributed by atoms with Crippen molar-refractivity contribution in [2.24, 2.45) is 4.99 Å². The predicted molar refractivity (Wildman–Crippen MR) is 45.1 cm³/mol. The molecule has 15 heavy (non-hydrogen) atoms. The van der Waals surface area contributed by atoms with Gasteiger partial charge in [-0.25, -0.2) is 23.4 Å². The molecule has 0 aromatic heterocycles. The molecule has 0 bridgehead atoms. The topological polar surface area (TPSA) is 66.7 Å². The molecule has 1 aromatic carbocycles.